The summed E-state index contributed by atoms with van der Waals surface area (Å²) in [6.07, 6.45) is 2.18. The number of benzene rings is 1. The minimum Gasteiger partial charge on any atom is -0.358 e. The molecule has 0 aliphatic rings. The third kappa shape index (κ3) is 4.46. The summed E-state index contributed by atoms with van der Waals surface area (Å²) in [4.78, 5) is 11.2. The summed E-state index contributed by atoms with van der Waals surface area (Å²) in [7, 11) is -2.65. The Morgan fingerprint density at radius 1 is 1.40 bits per heavy atom. The zero-order valence-electron chi connectivity index (χ0n) is 11.2. The second-order valence-corrected chi connectivity index (χ2v) is 6.67. The van der Waals surface area contributed by atoms with Crippen molar-refractivity contribution in [2.75, 3.05) is 19.1 Å². The molecule has 0 spiro atoms. The van der Waals surface area contributed by atoms with Crippen LogP contribution in [0.2, 0.25) is 0 Å². The van der Waals surface area contributed by atoms with Crippen molar-refractivity contribution in [2.45, 2.75) is 17.4 Å². The molecule has 0 aromatic heterocycles. The lowest BCUT2D eigenvalue weighted by molar-refractivity contribution is -0.122. The van der Waals surface area contributed by atoms with E-state index < -0.39 is 32.7 Å². The van der Waals surface area contributed by atoms with Crippen LogP contribution in [0.15, 0.2) is 29.2 Å². The van der Waals surface area contributed by atoms with Crippen LogP contribution in [0.25, 0.3) is 0 Å². The number of nitrogens with one attached hydrogen (secondary N) is 2. The van der Waals surface area contributed by atoms with Gasteiger partial charge in [0.15, 0.2) is 0 Å². The first-order chi connectivity index (χ1) is 9.42. The lowest BCUT2D eigenvalue weighted by Gasteiger charge is -2.17. The van der Waals surface area contributed by atoms with E-state index in [9.17, 15) is 17.6 Å². The second-order valence-electron chi connectivity index (χ2n) is 4.00. The number of rotatable bonds is 7. The molecule has 1 aromatic rings. The molecule has 0 aliphatic heterocycles. The number of hydrogen-bond donors (Lipinski definition) is 2. The highest BCUT2D eigenvalue weighted by atomic mass is 32.2. The topological polar surface area (TPSA) is 75.3 Å². The lowest BCUT2D eigenvalue weighted by Crippen LogP contribution is -2.46. The van der Waals surface area contributed by atoms with Crippen molar-refractivity contribution >= 4 is 27.7 Å². The Morgan fingerprint density at radius 2 is 2.05 bits per heavy atom. The number of sulfonamides is 1. The van der Waals surface area contributed by atoms with Crippen LogP contribution < -0.4 is 10.0 Å². The summed E-state index contributed by atoms with van der Waals surface area (Å²) in [6.45, 7) is 0. The molecule has 5 nitrogen and oxygen atoms in total. The summed E-state index contributed by atoms with van der Waals surface area (Å²) in [5, 5.41) is 2.39. The standard InChI is InChI=1S/C12H17FN2O3S2/c1-14-12(16)10(7-8-19-2)15-20(17,18)11-6-4-3-5-9(11)13/h3-6,10,15H,7-8H2,1-2H3,(H,14,16). The van der Waals surface area contributed by atoms with E-state index in [1.807, 2.05) is 6.26 Å². The van der Waals surface area contributed by atoms with Gasteiger partial charge in [0.1, 0.15) is 16.8 Å². The van der Waals surface area contributed by atoms with Crippen molar-refractivity contribution in [1.82, 2.24) is 10.0 Å². The van der Waals surface area contributed by atoms with Crippen LogP contribution in [0, 0.1) is 5.82 Å². The minimum absolute atomic E-state index is 0.328. The van der Waals surface area contributed by atoms with Crippen LogP contribution >= 0.6 is 11.8 Å². The van der Waals surface area contributed by atoms with Crippen molar-refractivity contribution in [2.24, 2.45) is 0 Å². The molecule has 112 valence electrons. The molecular weight excluding hydrogens is 303 g/mol. The van der Waals surface area contributed by atoms with Crippen molar-refractivity contribution in [3.8, 4) is 0 Å². The van der Waals surface area contributed by atoms with Gasteiger partial charge in [-0.25, -0.2) is 12.8 Å². The number of carbonyl (C=O) groups excluding carboxylic acids is 1. The number of hydrogen-bond acceptors (Lipinski definition) is 4. The maximum Gasteiger partial charge on any atom is 0.244 e. The van der Waals surface area contributed by atoms with Crippen molar-refractivity contribution in [3.05, 3.63) is 30.1 Å². The number of amides is 1. The van der Waals surface area contributed by atoms with Gasteiger partial charge in [-0.15, -0.1) is 0 Å². The molecule has 1 aromatic carbocycles. The molecule has 0 saturated heterocycles. The molecule has 1 atom stereocenters. The van der Waals surface area contributed by atoms with Crippen LogP contribution in [0.3, 0.4) is 0 Å². The summed E-state index contributed by atoms with van der Waals surface area (Å²) < 4.78 is 40.0. The highest BCUT2D eigenvalue weighted by Crippen LogP contribution is 2.14. The Hall–Kier alpha value is -1.12. The minimum atomic E-state index is -4.07. The molecule has 8 heteroatoms. The summed E-state index contributed by atoms with van der Waals surface area (Å²) >= 11 is 1.49. The Bertz CT molecular complexity index is 564. The second kappa shape index (κ2) is 7.61. The molecule has 0 aliphatic carbocycles. The predicted octanol–water partition coefficient (Wildman–Crippen LogP) is 0.972. The highest BCUT2D eigenvalue weighted by Gasteiger charge is 2.26. The SMILES string of the molecule is CNC(=O)C(CCSC)NS(=O)(=O)c1ccccc1F. The van der Waals surface area contributed by atoms with E-state index in [0.717, 1.165) is 12.1 Å². The molecule has 0 saturated carbocycles. The van der Waals surface area contributed by atoms with E-state index in [4.69, 9.17) is 0 Å². The fourth-order valence-electron chi connectivity index (χ4n) is 1.57. The first-order valence-electron chi connectivity index (χ1n) is 5.89. The monoisotopic (exact) mass is 320 g/mol. The van der Waals surface area contributed by atoms with Gasteiger partial charge in [-0.1, -0.05) is 12.1 Å². The van der Waals surface area contributed by atoms with Crippen LogP contribution in [-0.2, 0) is 14.8 Å². The van der Waals surface area contributed by atoms with Gasteiger partial charge in [-0.05, 0) is 30.6 Å². The van der Waals surface area contributed by atoms with Crippen molar-refractivity contribution in [1.29, 1.82) is 0 Å². The van der Waals surface area contributed by atoms with Gasteiger partial charge < -0.3 is 5.32 Å². The van der Waals surface area contributed by atoms with E-state index >= 15 is 0 Å². The summed E-state index contributed by atoms with van der Waals surface area (Å²) in [5.74, 6) is -0.683. The molecule has 1 amide bonds. The van der Waals surface area contributed by atoms with E-state index in [0.29, 0.717) is 12.2 Å². The van der Waals surface area contributed by atoms with Crippen molar-refractivity contribution < 1.29 is 17.6 Å². The number of halogens is 1. The number of carbonyl (C=O) groups is 1. The Morgan fingerprint density at radius 3 is 2.60 bits per heavy atom. The first kappa shape index (κ1) is 16.9. The summed E-state index contributed by atoms with van der Waals surface area (Å²) in [6, 6.07) is 4.13. The average molecular weight is 320 g/mol. The largest absolute Gasteiger partial charge is 0.358 e. The molecule has 1 unspecified atom stereocenters. The third-order valence-electron chi connectivity index (χ3n) is 2.60. The average Bonchev–Trinajstić information content (AvgIpc) is 2.42. The molecular formula is C12H17FN2O3S2. The van der Waals surface area contributed by atoms with Crippen LogP contribution in [-0.4, -0.2) is 39.4 Å². The molecule has 0 bridgehead atoms. The number of likely N-dealkylation sites (N-methyl/N-ethyl adjacent to an activating group) is 1. The predicted molar refractivity (Wildman–Crippen MR) is 77.6 cm³/mol. The van der Waals surface area contributed by atoms with E-state index in [1.165, 1.54) is 30.9 Å². The Balaban J connectivity index is 2.97. The van der Waals surface area contributed by atoms with E-state index in [2.05, 4.69) is 10.0 Å². The zero-order chi connectivity index (χ0) is 15.2. The zero-order valence-corrected chi connectivity index (χ0v) is 12.9. The van der Waals surface area contributed by atoms with Gasteiger partial charge in [0.2, 0.25) is 15.9 Å². The van der Waals surface area contributed by atoms with Gasteiger partial charge >= 0.3 is 0 Å². The summed E-state index contributed by atoms with van der Waals surface area (Å²) in [5.41, 5.74) is 0. The van der Waals surface area contributed by atoms with E-state index in [1.54, 1.807) is 0 Å². The maximum absolute atomic E-state index is 13.5. The highest BCUT2D eigenvalue weighted by molar-refractivity contribution is 7.98. The molecule has 0 heterocycles. The van der Waals surface area contributed by atoms with Gasteiger partial charge in [0, 0.05) is 7.05 Å². The molecule has 20 heavy (non-hydrogen) atoms. The molecule has 1 rings (SSSR count). The van der Waals surface area contributed by atoms with Gasteiger partial charge in [-0.2, -0.15) is 16.5 Å². The van der Waals surface area contributed by atoms with Crippen LogP contribution in [0.4, 0.5) is 4.39 Å². The first-order valence-corrected chi connectivity index (χ1v) is 8.77. The van der Waals surface area contributed by atoms with E-state index in [-0.39, 0.29) is 0 Å². The Labute approximate surface area is 122 Å². The quantitative estimate of drug-likeness (QED) is 0.785. The third-order valence-corrected chi connectivity index (χ3v) is 4.75. The number of thioether (sulfide) groups is 1. The van der Waals surface area contributed by atoms with Crippen LogP contribution in [0.5, 0.6) is 0 Å². The van der Waals surface area contributed by atoms with Gasteiger partial charge in [0.05, 0.1) is 0 Å². The fraction of sp³-hybridized carbons (Fsp3) is 0.417. The van der Waals surface area contributed by atoms with Crippen molar-refractivity contribution in [3.63, 3.8) is 0 Å². The van der Waals surface area contributed by atoms with Gasteiger partial charge in [0.25, 0.3) is 0 Å². The van der Waals surface area contributed by atoms with Crippen LogP contribution in [0.1, 0.15) is 6.42 Å². The lowest BCUT2D eigenvalue weighted by atomic mass is 10.2. The molecule has 0 radical (unpaired) electrons. The normalized spacial score (nSPS) is 12.9. The maximum atomic E-state index is 13.5. The van der Waals surface area contributed by atoms with Gasteiger partial charge in [-0.3, -0.25) is 4.79 Å². The molecule has 2 N–H and O–H groups in total. The Kier molecular flexibility index (Phi) is 6.44. The smallest absolute Gasteiger partial charge is 0.244 e. The fourth-order valence-corrected chi connectivity index (χ4v) is 3.35. The molecule has 0 fully saturated rings.